The van der Waals surface area contributed by atoms with E-state index in [2.05, 4.69) is 4.98 Å². The first-order valence-electron chi connectivity index (χ1n) is 5.73. The van der Waals surface area contributed by atoms with Gasteiger partial charge in [0.15, 0.2) is 0 Å². The minimum atomic E-state index is -0.923. The smallest absolute Gasteiger partial charge is 0.141 e. The Balaban J connectivity index is 2.33. The van der Waals surface area contributed by atoms with Gasteiger partial charge in [0.1, 0.15) is 17.7 Å². The Morgan fingerprint density at radius 3 is 2.72 bits per heavy atom. The van der Waals surface area contributed by atoms with E-state index in [0.29, 0.717) is 23.6 Å². The Hall–Kier alpha value is -1.94. The highest BCUT2D eigenvalue weighted by molar-refractivity contribution is 5.38. The second kappa shape index (κ2) is 5.60. The first-order valence-corrected chi connectivity index (χ1v) is 5.73. The average molecular weight is 247 g/mol. The molecule has 0 fully saturated rings. The largest absolute Gasteiger partial charge is 0.493 e. The van der Waals surface area contributed by atoms with Gasteiger partial charge in [0, 0.05) is 5.56 Å². The van der Waals surface area contributed by atoms with Gasteiger partial charge in [-0.15, -0.1) is 0 Å². The topological polar surface area (TPSA) is 42.4 Å². The number of hydrogen-bond donors (Lipinski definition) is 1. The molecule has 1 aromatic carbocycles. The Labute approximate surface area is 105 Å². The van der Waals surface area contributed by atoms with Crippen LogP contribution in [0.2, 0.25) is 0 Å². The molecule has 2 aromatic rings. The summed E-state index contributed by atoms with van der Waals surface area (Å²) in [5, 5.41) is 10.2. The SMILES string of the molecule is CCOc1ccccc1C(O)c1ccc(F)cn1. The molecule has 0 saturated carbocycles. The van der Waals surface area contributed by atoms with Crippen LogP contribution in [0, 0.1) is 5.82 Å². The maximum absolute atomic E-state index is 12.8. The van der Waals surface area contributed by atoms with Crippen LogP contribution in [0.15, 0.2) is 42.6 Å². The fourth-order valence-corrected chi connectivity index (χ4v) is 1.70. The normalized spacial score (nSPS) is 12.2. The van der Waals surface area contributed by atoms with Gasteiger partial charge in [-0.25, -0.2) is 4.39 Å². The van der Waals surface area contributed by atoms with Crippen LogP contribution in [0.4, 0.5) is 4.39 Å². The van der Waals surface area contributed by atoms with Crippen LogP contribution in [0.25, 0.3) is 0 Å². The zero-order valence-corrected chi connectivity index (χ0v) is 10.0. The van der Waals surface area contributed by atoms with E-state index in [1.807, 2.05) is 19.1 Å². The highest BCUT2D eigenvalue weighted by atomic mass is 19.1. The standard InChI is InChI=1S/C14H14FNO2/c1-2-18-13-6-4-3-5-11(13)14(17)12-8-7-10(15)9-16-12/h3-9,14,17H,2H2,1H3. The highest BCUT2D eigenvalue weighted by Crippen LogP contribution is 2.28. The molecule has 1 atom stereocenters. The van der Waals surface area contributed by atoms with Gasteiger partial charge in [0.05, 0.1) is 18.5 Å². The highest BCUT2D eigenvalue weighted by Gasteiger charge is 2.16. The van der Waals surface area contributed by atoms with Crippen molar-refractivity contribution in [1.82, 2.24) is 4.98 Å². The third-order valence-electron chi connectivity index (χ3n) is 2.54. The summed E-state index contributed by atoms with van der Waals surface area (Å²) < 4.78 is 18.2. The molecule has 0 spiro atoms. The maximum atomic E-state index is 12.8. The van der Waals surface area contributed by atoms with Crippen LogP contribution in [-0.2, 0) is 0 Å². The summed E-state index contributed by atoms with van der Waals surface area (Å²) in [6.45, 7) is 2.39. The summed E-state index contributed by atoms with van der Waals surface area (Å²) in [5.74, 6) is 0.183. The van der Waals surface area contributed by atoms with Crippen molar-refractivity contribution in [2.75, 3.05) is 6.61 Å². The number of aliphatic hydroxyl groups is 1. The van der Waals surface area contributed by atoms with Crippen molar-refractivity contribution >= 4 is 0 Å². The molecule has 0 saturated heterocycles. The van der Waals surface area contributed by atoms with Crippen LogP contribution in [0.1, 0.15) is 24.3 Å². The van der Waals surface area contributed by atoms with Crippen molar-refractivity contribution in [3.05, 3.63) is 59.7 Å². The number of benzene rings is 1. The Bertz CT molecular complexity index is 513. The minimum Gasteiger partial charge on any atom is -0.493 e. The second-order valence-electron chi connectivity index (χ2n) is 3.77. The number of hydrogen-bond acceptors (Lipinski definition) is 3. The lowest BCUT2D eigenvalue weighted by Crippen LogP contribution is -2.05. The summed E-state index contributed by atoms with van der Waals surface area (Å²) in [6, 6.07) is 9.92. The Kier molecular flexibility index (Phi) is 3.89. The molecule has 2 rings (SSSR count). The average Bonchev–Trinajstić information content (AvgIpc) is 2.40. The first-order chi connectivity index (χ1) is 8.72. The number of pyridine rings is 1. The Morgan fingerprint density at radius 2 is 2.06 bits per heavy atom. The number of aromatic nitrogens is 1. The molecule has 0 radical (unpaired) electrons. The molecule has 18 heavy (non-hydrogen) atoms. The summed E-state index contributed by atoms with van der Waals surface area (Å²) in [5.41, 5.74) is 1.02. The van der Waals surface area contributed by atoms with Gasteiger partial charge in [0.2, 0.25) is 0 Å². The number of ether oxygens (including phenoxy) is 1. The number of nitrogens with zero attached hydrogens (tertiary/aromatic N) is 1. The van der Waals surface area contributed by atoms with Crippen molar-refractivity contribution in [3.8, 4) is 5.75 Å². The molecule has 1 aromatic heterocycles. The van der Waals surface area contributed by atoms with E-state index in [-0.39, 0.29) is 0 Å². The van der Waals surface area contributed by atoms with Crippen LogP contribution < -0.4 is 4.74 Å². The lowest BCUT2D eigenvalue weighted by atomic mass is 10.0. The number of para-hydroxylation sites is 1. The monoisotopic (exact) mass is 247 g/mol. The zero-order valence-electron chi connectivity index (χ0n) is 10.0. The summed E-state index contributed by atoms with van der Waals surface area (Å²) in [7, 11) is 0. The molecule has 0 aliphatic rings. The zero-order chi connectivity index (χ0) is 13.0. The second-order valence-corrected chi connectivity index (χ2v) is 3.77. The van der Waals surface area contributed by atoms with Crippen molar-refractivity contribution in [2.24, 2.45) is 0 Å². The number of aliphatic hydroxyl groups excluding tert-OH is 1. The molecule has 1 N–H and O–H groups in total. The van der Waals surface area contributed by atoms with Gasteiger partial charge in [-0.3, -0.25) is 4.98 Å². The van der Waals surface area contributed by atoms with Crippen molar-refractivity contribution in [3.63, 3.8) is 0 Å². The van der Waals surface area contributed by atoms with Gasteiger partial charge >= 0.3 is 0 Å². The number of rotatable bonds is 4. The molecule has 3 nitrogen and oxygen atoms in total. The van der Waals surface area contributed by atoms with Crippen LogP contribution in [-0.4, -0.2) is 16.7 Å². The molecule has 1 heterocycles. The van der Waals surface area contributed by atoms with E-state index in [4.69, 9.17) is 4.74 Å². The van der Waals surface area contributed by atoms with Gasteiger partial charge in [-0.05, 0) is 25.1 Å². The quantitative estimate of drug-likeness (QED) is 0.903. The van der Waals surface area contributed by atoms with Crippen LogP contribution >= 0.6 is 0 Å². The molecular weight excluding hydrogens is 233 g/mol. The Morgan fingerprint density at radius 1 is 1.28 bits per heavy atom. The molecule has 0 aliphatic heterocycles. The lowest BCUT2D eigenvalue weighted by Gasteiger charge is -2.15. The molecular formula is C14H14FNO2. The molecule has 0 bridgehead atoms. The van der Waals surface area contributed by atoms with E-state index in [1.165, 1.54) is 12.1 Å². The van der Waals surface area contributed by atoms with E-state index >= 15 is 0 Å². The van der Waals surface area contributed by atoms with Crippen molar-refractivity contribution in [1.29, 1.82) is 0 Å². The molecule has 1 unspecified atom stereocenters. The molecule has 0 amide bonds. The fraction of sp³-hybridized carbons (Fsp3) is 0.214. The van der Waals surface area contributed by atoms with Crippen LogP contribution in [0.5, 0.6) is 5.75 Å². The van der Waals surface area contributed by atoms with Gasteiger partial charge < -0.3 is 9.84 Å². The number of halogens is 1. The van der Waals surface area contributed by atoms with Gasteiger partial charge in [-0.2, -0.15) is 0 Å². The summed E-state index contributed by atoms with van der Waals surface area (Å²) >= 11 is 0. The lowest BCUT2D eigenvalue weighted by molar-refractivity contribution is 0.207. The van der Waals surface area contributed by atoms with Gasteiger partial charge in [0.25, 0.3) is 0 Å². The molecule has 4 heteroatoms. The van der Waals surface area contributed by atoms with Crippen molar-refractivity contribution < 1.29 is 14.2 Å². The van der Waals surface area contributed by atoms with E-state index < -0.39 is 11.9 Å². The van der Waals surface area contributed by atoms with E-state index in [1.54, 1.807) is 12.1 Å². The maximum Gasteiger partial charge on any atom is 0.141 e. The molecule has 94 valence electrons. The predicted octanol–water partition coefficient (Wildman–Crippen LogP) is 2.70. The van der Waals surface area contributed by atoms with Gasteiger partial charge in [-0.1, -0.05) is 18.2 Å². The summed E-state index contributed by atoms with van der Waals surface area (Å²) in [6.07, 6.45) is 0.162. The van der Waals surface area contributed by atoms with E-state index in [9.17, 15) is 9.50 Å². The predicted molar refractivity (Wildman–Crippen MR) is 65.9 cm³/mol. The van der Waals surface area contributed by atoms with Crippen LogP contribution in [0.3, 0.4) is 0 Å². The van der Waals surface area contributed by atoms with Crippen molar-refractivity contribution in [2.45, 2.75) is 13.0 Å². The minimum absolute atomic E-state index is 0.392. The van der Waals surface area contributed by atoms with E-state index in [0.717, 1.165) is 6.20 Å². The molecule has 0 aliphatic carbocycles. The first kappa shape index (κ1) is 12.5. The summed E-state index contributed by atoms with van der Waals surface area (Å²) in [4.78, 5) is 3.88. The fourth-order valence-electron chi connectivity index (χ4n) is 1.70. The third kappa shape index (κ3) is 2.65. The third-order valence-corrected chi connectivity index (χ3v) is 2.54.